The SMILES string of the molecule is O=C(COc1c(I)cc(C=NN2C(=O)[C@@H]3[C@H](C2=O)[C@H]2C=C[C@H]3C2)cc1I)Nc1ccccc1. The van der Waals surface area contributed by atoms with Crippen LogP contribution >= 0.6 is 45.2 Å². The standard InChI is InChI=1S/C24H19I2N3O4/c25-17-8-13(9-18(26)22(17)33-12-19(30)28-16-4-2-1-3-5-16)11-27-29-23(31)20-14-6-7-15(10-14)21(20)24(29)32/h1-9,11,14-15,20-21H,10,12H2,(H,28,30)/t14-,15-,20-,21+/m0/s1. The third kappa shape index (κ3) is 4.32. The van der Waals surface area contributed by atoms with E-state index in [2.05, 4.69) is 67.8 Å². The highest BCUT2D eigenvalue weighted by Crippen LogP contribution is 2.52. The number of anilines is 1. The lowest BCUT2D eigenvalue weighted by atomic mass is 9.85. The Hall–Kier alpha value is -2.28. The summed E-state index contributed by atoms with van der Waals surface area (Å²) in [5.74, 6) is -0.257. The third-order valence-corrected chi connectivity index (χ3v) is 7.80. The van der Waals surface area contributed by atoms with E-state index in [0.29, 0.717) is 11.4 Å². The molecule has 1 heterocycles. The summed E-state index contributed by atoms with van der Waals surface area (Å²) in [6.45, 7) is -0.121. The first-order chi connectivity index (χ1) is 15.9. The molecule has 2 aliphatic carbocycles. The lowest BCUT2D eigenvalue weighted by Crippen LogP contribution is -2.28. The van der Waals surface area contributed by atoms with Gasteiger partial charge in [0.25, 0.3) is 17.7 Å². The molecule has 2 fully saturated rings. The number of ether oxygens (including phenoxy) is 1. The van der Waals surface area contributed by atoms with Crippen LogP contribution in [0.15, 0.2) is 59.7 Å². The quantitative estimate of drug-likeness (QED) is 0.218. The van der Waals surface area contributed by atoms with Crippen LogP contribution in [0.1, 0.15) is 12.0 Å². The van der Waals surface area contributed by atoms with Crippen LogP contribution in [0.25, 0.3) is 0 Å². The minimum Gasteiger partial charge on any atom is -0.482 e. The van der Waals surface area contributed by atoms with Crippen molar-refractivity contribution in [2.24, 2.45) is 28.8 Å². The van der Waals surface area contributed by atoms with Gasteiger partial charge in [-0.25, -0.2) is 0 Å². The maximum absolute atomic E-state index is 12.8. The summed E-state index contributed by atoms with van der Waals surface area (Å²) in [7, 11) is 0. The summed E-state index contributed by atoms with van der Waals surface area (Å²) in [5, 5.41) is 8.06. The van der Waals surface area contributed by atoms with Crippen LogP contribution in [0.4, 0.5) is 5.69 Å². The molecule has 5 rings (SSSR count). The van der Waals surface area contributed by atoms with Crippen molar-refractivity contribution >= 4 is 74.8 Å². The molecule has 9 heteroatoms. The van der Waals surface area contributed by atoms with Crippen molar-refractivity contribution < 1.29 is 19.1 Å². The summed E-state index contributed by atoms with van der Waals surface area (Å²) in [4.78, 5) is 37.7. The average molecular weight is 667 g/mol. The summed E-state index contributed by atoms with van der Waals surface area (Å²) < 4.78 is 7.35. The Morgan fingerprint density at radius 1 is 1.06 bits per heavy atom. The van der Waals surface area contributed by atoms with E-state index in [0.717, 1.165) is 24.1 Å². The number of rotatable bonds is 6. The van der Waals surface area contributed by atoms with Gasteiger partial charge < -0.3 is 10.1 Å². The molecule has 168 valence electrons. The summed E-state index contributed by atoms with van der Waals surface area (Å²) in [5.41, 5.74) is 1.45. The molecule has 3 amide bonds. The van der Waals surface area contributed by atoms with Crippen LogP contribution in [-0.4, -0.2) is 35.6 Å². The Bertz CT molecular complexity index is 1140. The molecule has 33 heavy (non-hydrogen) atoms. The van der Waals surface area contributed by atoms with Gasteiger partial charge in [0, 0.05) is 5.69 Å². The number of nitrogens with zero attached hydrogens (tertiary/aromatic N) is 2. The van der Waals surface area contributed by atoms with Gasteiger partial charge in [-0.05, 0) is 93.3 Å². The number of imide groups is 1. The highest BCUT2D eigenvalue weighted by Gasteiger charge is 2.59. The zero-order valence-electron chi connectivity index (χ0n) is 17.3. The Morgan fingerprint density at radius 2 is 1.67 bits per heavy atom. The number of carbonyl (C=O) groups excluding carboxylic acids is 3. The van der Waals surface area contributed by atoms with Gasteiger partial charge in [0.2, 0.25) is 0 Å². The lowest BCUT2D eigenvalue weighted by Gasteiger charge is -2.13. The van der Waals surface area contributed by atoms with Crippen molar-refractivity contribution in [1.82, 2.24) is 5.01 Å². The highest BCUT2D eigenvalue weighted by molar-refractivity contribution is 14.1. The number of halogens is 2. The Labute approximate surface area is 217 Å². The van der Waals surface area contributed by atoms with Crippen LogP contribution in [0.2, 0.25) is 0 Å². The zero-order chi connectivity index (χ0) is 23.1. The van der Waals surface area contributed by atoms with E-state index in [1.54, 1.807) is 0 Å². The Morgan fingerprint density at radius 3 is 2.27 bits per heavy atom. The smallest absolute Gasteiger partial charge is 0.262 e. The van der Waals surface area contributed by atoms with Gasteiger partial charge in [0.15, 0.2) is 6.61 Å². The van der Waals surface area contributed by atoms with E-state index in [-0.39, 0.29) is 48.0 Å². The van der Waals surface area contributed by atoms with Gasteiger partial charge in [-0.2, -0.15) is 10.1 Å². The third-order valence-electron chi connectivity index (χ3n) is 6.20. The number of benzene rings is 2. The summed E-state index contributed by atoms with van der Waals surface area (Å²) in [6.07, 6.45) is 6.55. The van der Waals surface area contributed by atoms with E-state index >= 15 is 0 Å². The van der Waals surface area contributed by atoms with Crippen molar-refractivity contribution in [3.8, 4) is 5.75 Å². The Kier molecular flexibility index (Phi) is 6.25. The molecule has 4 atom stereocenters. The molecule has 1 N–H and O–H groups in total. The molecular formula is C24H19I2N3O4. The predicted octanol–water partition coefficient (Wildman–Crippen LogP) is 4.05. The highest BCUT2D eigenvalue weighted by atomic mass is 127. The van der Waals surface area contributed by atoms with Gasteiger partial charge >= 0.3 is 0 Å². The first kappa shape index (κ1) is 22.5. The topological polar surface area (TPSA) is 88.1 Å². The molecule has 2 aromatic rings. The van der Waals surface area contributed by atoms with Gasteiger partial charge in [-0.1, -0.05) is 30.4 Å². The van der Waals surface area contributed by atoms with Crippen LogP contribution in [0.5, 0.6) is 5.75 Å². The number of amides is 3. The first-order valence-electron chi connectivity index (χ1n) is 10.5. The molecule has 3 aliphatic rings. The molecule has 0 radical (unpaired) electrons. The molecule has 1 saturated carbocycles. The first-order valence-corrected chi connectivity index (χ1v) is 12.6. The molecule has 1 saturated heterocycles. The summed E-state index contributed by atoms with van der Waals surface area (Å²) in [6, 6.07) is 12.9. The second-order valence-corrected chi connectivity index (χ2v) is 10.6. The summed E-state index contributed by atoms with van der Waals surface area (Å²) >= 11 is 4.27. The van der Waals surface area contributed by atoms with Crippen molar-refractivity contribution in [1.29, 1.82) is 0 Å². The van der Waals surface area contributed by atoms with Gasteiger partial charge in [-0.3, -0.25) is 14.4 Å². The van der Waals surface area contributed by atoms with Crippen molar-refractivity contribution in [3.05, 3.63) is 67.3 Å². The van der Waals surface area contributed by atoms with Crippen molar-refractivity contribution in [3.63, 3.8) is 0 Å². The van der Waals surface area contributed by atoms with Gasteiger partial charge in [0.1, 0.15) is 5.75 Å². The average Bonchev–Trinajstić information content (AvgIpc) is 3.47. The normalized spacial score (nSPS) is 25.2. The van der Waals surface area contributed by atoms with Gasteiger partial charge in [-0.15, -0.1) is 0 Å². The number of nitrogens with one attached hydrogen (secondary N) is 1. The molecular weight excluding hydrogens is 648 g/mol. The number of hydrazone groups is 1. The molecule has 2 aromatic carbocycles. The largest absolute Gasteiger partial charge is 0.482 e. The van der Waals surface area contributed by atoms with E-state index in [9.17, 15) is 14.4 Å². The monoisotopic (exact) mass is 667 g/mol. The number of para-hydroxylation sites is 1. The second-order valence-electron chi connectivity index (χ2n) is 8.25. The predicted molar refractivity (Wildman–Crippen MR) is 140 cm³/mol. The van der Waals surface area contributed by atoms with Crippen LogP contribution < -0.4 is 10.1 Å². The fourth-order valence-electron chi connectivity index (χ4n) is 4.77. The van der Waals surface area contributed by atoms with E-state index in [1.165, 1.54) is 6.21 Å². The number of allylic oxidation sites excluding steroid dienone is 2. The maximum atomic E-state index is 12.8. The zero-order valence-corrected chi connectivity index (χ0v) is 21.6. The fraction of sp³-hybridized carbons (Fsp3) is 0.250. The number of carbonyl (C=O) groups is 3. The fourth-order valence-corrected chi connectivity index (χ4v) is 6.90. The molecule has 0 spiro atoms. The molecule has 7 nitrogen and oxygen atoms in total. The number of hydrogen-bond donors (Lipinski definition) is 1. The lowest BCUT2D eigenvalue weighted by molar-refractivity contribution is -0.140. The van der Waals surface area contributed by atoms with Crippen LogP contribution in [0.3, 0.4) is 0 Å². The number of fused-ring (bicyclic) bond motifs is 5. The van der Waals surface area contributed by atoms with Crippen molar-refractivity contribution in [2.45, 2.75) is 6.42 Å². The molecule has 1 aliphatic heterocycles. The second kappa shape index (κ2) is 9.16. The van der Waals surface area contributed by atoms with E-state index < -0.39 is 0 Å². The van der Waals surface area contributed by atoms with Crippen LogP contribution in [-0.2, 0) is 14.4 Å². The maximum Gasteiger partial charge on any atom is 0.262 e. The minimum absolute atomic E-state index is 0.121. The van der Waals surface area contributed by atoms with Gasteiger partial charge in [0.05, 0.1) is 25.2 Å². The molecule has 0 aromatic heterocycles. The van der Waals surface area contributed by atoms with Crippen molar-refractivity contribution in [2.75, 3.05) is 11.9 Å². The van der Waals surface area contributed by atoms with E-state index in [1.807, 2.05) is 42.5 Å². The minimum atomic E-state index is -0.261. The van der Waals surface area contributed by atoms with E-state index in [4.69, 9.17) is 4.74 Å². The Balaban J connectivity index is 1.24. The molecule has 0 unspecified atom stereocenters. The molecule has 2 bridgehead atoms. The van der Waals surface area contributed by atoms with Crippen LogP contribution in [0, 0.1) is 30.8 Å². The number of hydrogen-bond acceptors (Lipinski definition) is 5.